The second kappa shape index (κ2) is 5.19. The number of halogens is 4. The van der Waals surface area contributed by atoms with Crippen molar-refractivity contribution in [2.45, 2.75) is 32.0 Å². The number of hydrogen-bond acceptors (Lipinski definition) is 2. The maximum atomic E-state index is 12.6. The molecule has 0 aromatic heterocycles. The maximum absolute atomic E-state index is 12.6. The molecule has 0 amide bonds. The fourth-order valence-corrected chi connectivity index (χ4v) is 1.90. The number of ether oxygens (including phenoxy) is 1. The van der Waals surface area contributed by atoms with Crippen LogP contribution in [0.1, 0.15) is 19.8 Å². The second-order valence-electron chi connectivity index (χ2n) is 3.54. The first kappa shape index (κ1) is 13.5. The van der Waals surface area contributed by atoms with Crippen molar-refractivity contribution in [1.29, 1.82) is 0 Å². The van der Waals surface area contributed by atoms with Crippen LogP contribution in [0.4, 0.5) is 13.2 Å². The van der Waals surface area contributed by atoms with Gasteiger partial charge in [-0.25, -0.2) is 0 Å². The quantitative estimate of drug-likeness (QED) is 0.755. The SMILES string of the molecule is CCCC1N=C(C(F)(F)F)C(COC)=C1Cl. The van der Waals surface area contributed by atoms with Crippen molar-refractivity contribution in [3.8, 4) is 0 Å². The van der Waals surface area contributed by atoms with Gasteiger partial charge < -0.3 is 4.74 Å². The van der Waals surface area contributed by atoms with Gasteiger partial charge >= 0.3 is 6.18 Å². The Morgan fingerprint density at radius 2 is 2.06 bits per heavy atom. The predicted octanol–water partition coefficient (Wildman–Crippen LogP) is 3.31. The van der Waals surface area contributed by atoms with E-state index in [1.165, 1.54) is 7.11 Å². The summed E-state index contributed by atoms with van der Waals surface area (Å²) in [4.78, 5) is 3.64. The van der Waals surface area contributed by atoms with Gasteiger partial charge in [-0.15, -0.1) is 0 Å². The van der Waals surface area contributed by atoms with Crippen molar-refractivity contribution in [3.05, 3.63) is 10.6 Å². The molecule has 0 fully saturated rings. The number of rotatable bonds is 4. The zero-order chi connectivity index (χ0) is 12.3. The third-order valence-corrected chi connectivity index (χ3v) is 2.75. The molecule has 1 rings (SSSR count). The fourth-order valence-electron chi connectivity index (χ4n) is 1.60. The van der Waals surface area contributed by atoms with E-state index in [0.717, 1.165) is 6.42 Å². The molecule has 1 aliphatic heterocycles. The van der Waals surface area contributed by atoms with Crippen molar-refractivity contribution < 1.29 is 17.9 Å². The summed E-state index contributed by atoms with van der Waals surface area (Å²) >= 11 is 5.89. The van der Waals surface area contributed by atoms with Gasteiger partial charge in [0.1, 0.15) is 5.71 Å². The number of hydrogen-bond donors (Lipinski definition) is 0. The zero-order valence-corrected chi connectivity index (χ0v) is 9.82. The van der Waals surface area contributed by atoms with Crippen LogP contribution >= 0.6 is 11.6 Å². The van der Waals surface area contributed by atoms with Crippen LogP contribution in [0.3, 0.4) is 0 Å². The zero-order valence-electron chi connectivity index (χ0n) is 9.07. The molecule has 0 radical (unpaired) electrons. The van der Waals surface area contributed by atoms with E-state index in [1.807, 2.05) is 6.92 Å². The molecule has 6 heteroatoms. The molecule has 2 nitrogen and oxygen atoms in total. The highest BCUT2D eigenvalue weighted by atomic mass is 35.5. The van der Waals surface area contributed by atoms with Gasteiger partial charge in [-0.3, -0.25) is 4.99 Å². The van der Waals surface area contributed by atoms with Crippen LogP contribution in [0.5, 0.6) is 0 Å². The summed E-state index contributed by atoms with van der Waals surface area (Å²) in [5, 5.41) is 0.163. The highest BCUT2D eigenvalue weighted by molar-refractivity contribution is 6.34. The Labute approximate surface area is 97.1 Å². The van der Waals surface area contributed by atoms with Crippen LogP contribution in [0.25, 0.3) is 0 Å². The first-order valence-electron chi connectivity index (χ1n) is 4.94. The molecule has 1 atom stereocenters. The van der Waals surface area contributed by atoms with Gasteiger partial charge in [0, 0.05) is 12.7 Å². The van der Waals surface area contributed by atoms with Gasteiger partial charge in [-0.2, -0.15) is 13.2 Å². The maximum Gasteiger partial charge on any atom is 0.433 e. The lowest BCUT2D eigenvalue weighted by atomic mass is 10.1. The molecule has 1 unspecified atom stereocenters. The number of nitrogens with zero attached hydrogens (tertiary/aromatic N) is 1. The van der Waals surface area contributed by atoms with Crippen LogP contribution in [-0.2, 0) is 4.74 Å². The third-order valence-electron chi connectivity index (χ3n) is 2.27. The molecule has 0 aromatic rings. The van der Waals surface area contributed by atoms with Crippen molar-refractivity contribution >= 4 is 17.3 Å². The van der Waals surface area contributed by atoms with Crippen molar-refractivity contribution in [2.75, 3.05) is 13.7 Å². The highest BCUT2D eigenvalue weighted by Gasteiger charge is 2.43. The Balaban J connectivity index is 3.02. The monoisotopic (exact) mass is 255 g/mol. The van der Waals surface area contributed by atoms with Crippen molar-refractivity contribution in [1.82, 2.24) is 0 Å². The molecule has 0 spiro atoms. The highest BCUT2D eigenvalue weighted by Crippen LogP contribution is 2.35. The minimum atomic E-state index is -4.46. The summed E-state index contributed by atoms with van der Waals surface area (Å²) in [5.41, 5.74) is -0.923. The Bertz CT molecular complexity index is 323. The number of aliphatic imine (C=N–C) groups is 1. The summed E-state index contributed by atoms with van der Waals surface area (Å²) in [7, 11) is 1.33. The van der Waals surface area contributed by atoms with E-state index in [-0.39, 0.29) is 17.2 Å². The summed E-state index contributed by atoms with van der Waals surface area (Å²) in [5.74, 6) is 0. The van der Waals surface area contributed by atoms with Crippen LogP contribution in [0.2, 0.25) is 0 Å². The lowest BCUT2D eigenvalue weighted by Gasteiger charge is -2.09. The molecule has 0 aliphatic carbocycles. The standard InChI is InChI=1S/C10H13ClF3NO/c1-3-4-7-8(11)6(5-16-2)9(15-7)10(12,13)14/h7H,3-5H2,1-2H3. The summed E-state index contributed by atoms with van der Waals surface area (Å²) < 4.78 is 42.7. The van der Waals surface area contributed by atoms with E-state index in [4.69, 9.17) is 16.3 Å². The normalized spacial score (nSPS) is 21.6. The summed E-state index contributed by atoms with van der Waals surface area (Å²) in [6.07, 6.45) is -3.21. The molecule has 0 saturated carbocycles. The molecule has 0 aromatic carbocycles. The van der Waals surface area contributed by atoms with Crippen LogP contribution in [0, 0.1) is 0 Å². The third kappa shape index (κ3) is 2.77. The van der Waals surface area contributed by atoms with E-state index in [9.17, 15) is 13.2 Å². The minimum absolute atomic E-state index is 0.0323. The molecule has 1 heterocycles. The first-order chi connectivity index (χ1) is 7.41. The number of alkyl halides is 3. The fraction of sp³-hybridized carbons (Fsp3) is 0.700. The van der Waals surface area contributed by atoms with E-state index >= 15 is 0 Å². The summed E-state index contributed by atoms with van der Waals surface area (Å²) in [6.45, 7) is 1.72. The topological polar surface area (TPSA) is 21.6 Å². The molecule has 0 N–H and O–H groups in total. The molecule has 92 valence electrons. The Hall–Kier alpha value is -0.550. The van der Waals surface area contributed by atoms with E-state index in [2.05, 4.69) is 4.99 Å². The average molecular weight is 256 g/mol. The van der Waals surface area contributed by atoms with Crippen molar-refractivity contribution in [2.24, 2.45) is 4.99 Å². The molecular weight excluding hydrogens is 243 g/mol. The Morgan fingerprint density at radius 3 is 2.50 bits per heavy atom. The first-order valence-corrected chi connectivity index (χ1v) is 5.32. The predicted molar refractivity (Wildman–Crippen MR) is 56.9 cm³/mol. The van der Waals surface area contributed by atoms with Gasteiger partial charge in [0.05, 0.1) is 17.7 Å². The molecule has 16 heavy (non-hydrogen) atoms. The molecule has 0 bridgehead atoms. The Kier molecular flexibility index (Phi) is 4.38. The Morgan fingerprint density at radius 1 is 1.44 bits per heavy atom. The van der Waals surface area contributed by atoms with E-state index in [1.54, 1.807) is 0 Å². The van der Waals surface area contributed by atoms with Gasteiger partial charge in [-0.1, -0.05) is 24.9 Å². The molecule has 1 aliphatic rings. The van der Waals surface area contributed by atoms with E-state index in [0.29, 0.717) is 6.42 Å². The average Bonchev–Trinajstić information content (AvgIpc) is 2.47. The van der Waals surface area contributed by atoms with E-state index < -0.39 is 17.9 Å². The molecule has 0 saturated heterocycles. The van der Waals surface area contributed by atoms with Gasteiger partial charge in [-0.05, 0) is 6.42 Å². The largest absolute Gasteiger partial charge is 0.433 e. The number of methoxy groups -OCH3 is 1. The smallest absolute Gasteiger partial charge is 0.380 e. The van der Waals surface area contributed by atoms with Gasteiger partial charge in [0.2, 0.25) is 0 Å². The van der Waals surface area contributed by atoms with Crippen LogP contribution < -0.4 is 0 Å². The van der Waals surface area contributed by atoms with Gasteiger partial charge in [0.15, 0.2) is 0 Å². The lowest BCUT2D eigenvalue weighted by Crippen LogP contribution is -2.25. The lowest BCUT2D eigenvalue weighted by molar-refractivity contribution is -0.0586. The second-order valence-corrected chi connectivity index (χ2v) is 3.95. The minimum Gasteiger partial charge on any atom is -0.380 e. The van der Waals surface area contributed by atoms with Crippen LogP contribution in [-0.4, -0.2) is 31.6 Å². The molecular formula is C10H13ClF3NO. The van der Waals surface area contributed by atoms with Gasteiger partial charge in [0.25, 0.3) is 0 Å². The summed E-state index contributed by atoms with van der Waals surface area (Å²) in [6, 6.07) is -0.562. The van der Waals surface area contributed by atoms with Crippen LogP contribution in [0.15, 0.2) is 15.6 Å². The van der Waals surface area contributed by atoms with Crippen molar-refractivity contribution in [3.63, 3.8) is 0 Å².